The Balaban J connectivity index is 1.51. The number of hydrogen-bond donors (Lipinski definition) is 7. The molecule has 0 amide bonds. The number of rotatable bonds is 11. The number of hydrogen-bond acceptors (Lipinski definition) is 14. The van der Waals surface area contributed by atoms with Crippen LogP contribution in [0.2, 0.25) is 0 Å². The number of aliphatic hydroxyl groups excluding tert-OH is 5. The zero-order chi connectivity index (χ0) is 32.0. The fourth-order valence-corrected chi connectivity index (χ4v) is 4.86. The minimum absolute atomic E-state index is 0.0112. The lowest BCUT2D eigenvalue weighted by Crippen LogP contribution is -2.65. The van der Waals surface area contributed by atoms with Crippen LogP contribution < -0.4 is 4.74 Å². The number of phenolic OH excluding ortho intramolecular Hbond substituents is 2. The lowest BCUT2D eigenvalue weighted by molar-refractivity contribution is -0.357. The van der Waals surface area contributed by atoms with Crippen molar-refractivity contribution in [3.05, 3.63) is 59.7 Å². The number of benzene rings is 2. The van der Waals surface area contributed by atoms with Crippen LogP contribution in [0.1, 0.15) is 18.1 Å². The molecule has 0 aromatic heterocycles. The molecule has 242 valence electrons. The van der Waals surface area contributed by atoms with Gasteiger partial charge in [0.15, 0.2) is 30.2 Å². The van der Waals surface area contributed by atoms with Crippen molar-refractivity contribution in [3.8, 4) is 17.2 Å². The summed E-state index contributed by atoms with van der Waals surface area (Å²) in [5.74, 6) is -0.617. The zero-order valence-corrected chi connectivity index (χ0v) is 24.1. The summed E-state index contributed by atoms with van der Waals surface area (Å²) in [6.07, 6.45) is -11.8. The summed E-state index contributed by atoms with van der Waals surface area (Å²) in [6, 6.07) is 10.8. The van der Waals surface area contributed by atoms with E-state index in [0.29, 0.717) is 16.9 Å². The molecular formula is C30H38O14. The number of methoxy groups -OCH3 is 1. The van der Waals surface area contributed by atoms with Gasteiger partial charge in [-0.25, -0.2) is 4.79 Å². The number of phenols is 2. The first kappa shape index (κ1) is 33.6. The van der Waals surface area contributed by atoms with Crippen molar-refractivity contribution < 1.29 is 69.0 Å². The van der Waals surface area contributed by atoms with Gasteiger partial charge in [-0.15, -0.1) is 0 Å². The quantitative estimate of drug-likeness (QED) is 0.125. The van der Waals surface area contributed by atoms with Crippen LogP contribution in [0.15, 0.2) is 48.5 Å². The number of carbonyl (C=O) groups is 1. The molecule has 14 nitrogen and oxygen atoms in total. The fraction of sp³-hybridized carbons (Fsp3) is 0.500. The molecule has 4 rings (SSSR count). The van der Waals surface area contributed by atoms with Gasteiger partial charge < -0.3 is 64.2 Å². The van der Waals surface area contributed by atoms with Crippen molar-refractivity contribution in [2.75, 3.05) is 20.3 Å². The van der Waals surface area contributed by atoms with E-state index in [-0.39, 0.29) is 24.5 Å². The Morgan fingerprint density at radius 2 is 1.64 bits per heavy atom. The van der Waals surface area contributed by atoms with E-state index in [0.717, 1.165) is 6.08 Å². The Kier molecular flexibility index (Phi) is 11.5. The smallest absolute Gasteiger partial charge is 0.331 e. The maximum Gasteiger partial charge on any atom is 0.331 e. The lowest BCUT2D eigenvalue weighted by Gasteiger charge is -2.46. The average Bonchev–Trinajstić information content (AvgIpc) is 3.01. The van der Waals surface area contributed by atoms with E-state index in [9.17, 15) is 40.5 Å². The van der Waals surface area contributed by atoms with Crippen molar-refractivity contribution in [1.29, 1.82) is 0 Å². The molecule has 2 saturated heterocycles. The molecule has 0 aliphatic carbocycles. The highest BCUT2D eigenvalue weighted by Gasteiger charge is 2.52. The maximum atomic E-state index is 12.8. The number of carbonyl (C=O) groups excluding carboxylic acids is 1. The molecule has 0 spiro atoms. The van der Waals surface area contributed by atoms with E-state index in [1.807, 2.05) is 0 Å². The average molecular weight is 623 g/mol. The molecule has 44 heavy (non-hydrogen) atoms. The van der Waals surface area contributed by atoms with E-state index in [2.05, 4.69) is 0 Å². The Bertz CT molecular complexity index is 1250. The predicted molar refractivity (Wildman–Crippen MR) is 150 cm³/mol. The van der Waals surface area contributed by atoms with Gasteiger partial charge in [-0.05, 0) is 54.8 Å². The number of esters is 1. The Labute approximate surface area is 253 Å². The summed E-state index contributed by atoms with van der Waals surface area (Å²) in [5.41, 5.74) is 1.26. The number of aromatic hydroxyl groups is 2. The summed E-state index contributed by atoms with van der Waals surface area (Å²) in [5, 5.41) is 71.8. The normalized spacial score (nSPS) is 32.4. The third kappa shape index (κ3) is 8.04. The minimum Gasteiger partial charge on any atom is -0.508 e. The molecule has 0 saturated carbocycles. The van der Waals surface area contributed by atoms with Crippen molar-refractivity contribution in [2.24, 2.45) is 0 Å². The van der Waals surface area contributed by atoms with Crippen LogP contribution in [-0.2, 0) is 34.9 Å². The van der Waals surface area contributed by atoms with Crippen molar-refractivity contribution >= 4 is 12.0 Å². The zero-order valence-electron chi connectivity index (χ0n) is 24.1. The van der Waals surface area contributed by atoms with Crippen LogP contribution >= 0.6 is 0 Å². The third-order valence-electron chi connectivity index (χ3n) is 7.37. The first-order valence-electron chi connectivity index (χ1n) is 14.0. The van der Waals surface area contributed by atoms with Crippen molar-refractivity contribution in [2.45, 2.75) is 74.8 Å². The third-order valence-corrected chi connectivity index (χ3v) is 7.37. The molecule has 2 aliphatic heterocycles. The first-order valence-corrected chi connectivity index (χ1v) is 14.0. The van der Waals surface area contributed by atoms with Gasteiger partial charge in [-0.1, -0.05) is 18.2 Å². The number of aliphatic hydroxyl groups is 5. The summed E-state index contributed by atoms with van der Waals surface area (Å²) < 4.78 is 33.5. The molecule has 2 fully saturated rings. The number of ether oxygens (including phenoxy) is 6. The van der Waals surface area contributed by atoms with Gasteiger partial charge in [0, 0.05) is 6.08 Å². The second kappa shape index (κ2) is 15.1. The molecule has 0 bridgehead atoms. The van der Waals surface area contributed by atoms with Crippen LogP contribution in [0.4, 0.5) is 0 Å². The molecular weight excluding hydrogens is 584 g/mol. The van der Waals surface area contributed by atoms with E-state index in [1.54, 1.807) is 24.3 Å². The largest absolute Gasteiger partial charge is 0.508 e. The van der Waals surface area contributed by atoms with Gasteiger partial charge in [0.25, 0.3) is 0 Å². The molecule has 0 radical (unpaired) electrons. The summed E-state index contributed by atoms with van der Waals surface area (Å²) >= 11 is 0. The molecule has 7 N–H and O–H groups in total. The van der Waals surface area contributed by atoms with Gasteiger partial charge in [0.2, 0.25) is 0 Å². The fourth-order valence-electron chi connectivity index (χ4n) is 4.86. The van der Waals surface area contributed by atoms with Crippen LogP contribution in [0.25, 0.3) is 6.08 Å². The maximum absolute atomic E-state index is 12.8. The van der Waals surface area contributed by atoms with Crippen LogP contribution in [0.3, 0.4) is 0 Å². The second-order valence-electron chi connectivity index (χ2n) is 10.5. The van der Waals surface area contributed by atoms with Gasteiger partial charge in [-0.3, -0.25) is 0 Å². The topological polar surface area (TPSA) is 214 Å². The Morgan fingerprint density at radius 1 is 0.909 bits per heavy atom. The van der Waals surface area contributed by atoms with Gasteiger partial charge in [0.05, 0.1) is 26.4 Å². The predicted octanol–water partition coefficient (Wildman–Crippen LogP) is -0.419. The lowest BCUT2D eigenvalue weighted by atomic mass is 9.97. The molecule has 14 heteroatoms. The Morgan fingerprint density at radius 3 is 2.30 bits per heavy atom. The van der Waals surface area contributed by atoms with Crippen LogP contribution in [0.5, 0.6) is 17.2 Å². The molecule has 2 aromatic rings. The highest BCUT2D eigenvalue weighted by Crippen LogP contribution is 2.32. The Hall–Kier alpha value is -3.31. The van der Waals surface area contributed by atoms with Crippen LogP contribution in [0, 0.1) is 0 Å². The van der Waals surface area contributed by atoms with Crippen LogP contribution in [-0.4, -0.2) is 123 Å². The van der Waals surface area contributed by atoms with Gasteiger partial charge in [0.1, 0.15) is 42.4 Å². The molecule has 10 unspecified atom stereocenters. The summed E-state index contributed by atoms with van der Waals surface area (Å²) in [6.45, 7) is 0.745. The highest BCUT2D eigenvalue weighted by atomic mass is 16.7. The second-order valence-corrected chi connectivity index (χ2v) is 10.5. The molecule has 2 heterocycles. The van der Waals surface area contributed by atoms with Gasteiger partial charge in [-0.2, -0.15) is 0 Å². The van der Waals surface area contributed by atoms with Crippen molar-refractivity contribution in [3.63, 3.8) is 0 Å². The standard InChI is InChI=1S/C30H38O14/c1-15-23(35)24(36)25(37)30(41-15)44-28-26(38)29(40-12-11-17-5-9-20(39-2)19(33)13-17)42-21(14-31)27(28)43-22(34)10-6-16-3-7-18(32)8-4-16/h3-10,13,15,21,23-33,35-38H,11-12,14H2,1-2H3. The van der Waals surface area contributed by atoms with E-state index in [4.69, 9.17) is 28.4 Å². The molecule has 2 aliphatic rings. The molecule has 10 atom stereocenters. The van der Waals surface area contributed by atoms with Crippen molar-refractivity contribution in [1.82, 2.24) is 0 Å². The van der Waals surface area contributed by atoms with Gasteiger partial charge >= 0.3 is 5.97 Å². The SMILES string of the molecule is COc1ccc(CCOC2OC(CO)C(OC(=O)C=Cc3ccc(O)cc3)C(OC3OC(C)C(O)C(O)C3O)C2O)cc1O. The van der Waals surface area contributed by atoms with E-state index >= 15 is 0 Å². The summed E-state index contributed by atoms with van der Waals surface area (Å²) in [4.78, 5) is 12.8. The molecule has 2 aromatic carbocycles. The summed E-state index contributed by atoms with van der Waals surface area (Å²) in [7, 11) is 1.42. The minimum atomic E-state index is -1.74. The first-order chi connectivity index (χ1) is 21.0. The highest BCUT2D eigenvalue weighted by molar-refractivity contribution is 5.87. The van der Waals surface area contributed by atoms with E-state index in [1.165, 1.54) is 38.3 Å². The van der Waals surface area contributed by atoms with E-state index < -0.39 is 74.0 Å². The monoisotopic (exact) mass is 622 g/mol.